The minimum Gasteiger partial charge on any atom is -0.395 e. The summed E-state index contributed by atoms with van der Waals surface area (Å²) < 4.78 is 0. The molecule has 1 aliphatic heterocycles. The second-order valence-corrected chi connectivity index (χ2v) is 4.01. The average Bonchev–Trinajstić information content (AvgIpc) is 2.28. The summed E-state index contributed by atoms with van der Waals surface area (Å²) in [6, 6.07) is -1.48. The number of hydrogen-bond acceptors (Lipinski definition) is 7. The van der Waals surface area contributed by atoms with E-state index in [4.69, 9.17) is 15.3 Å². The summed E-state index contributed by atoms with van der Waals surface area (Å²) in [5, 5.41) is 55.7. The first-order chi connectivity index (χ1) is 7.56. The molecule has 0 bridgehead atoms. The summed E-state index contributed by atoms with van der Waals surface area (Å²) in [5.41, 5.74) is 0. The fourth-order valence-corrected chi connectivity index (χ4v) is 2.01. The number of nitrogens with zero attached hydrogens (tertiary/aromatic N) is 1. The van der Waals surface area contributed by atoms with Crippen LogP contribution in [0.25, 0.3) is 0 Å². The van der Waals surface area contributed by atoms with Gasteiger partial charge in [-0.25, -0.2) is 0 Å². The van der Waals surface area contributed by atoms with Gasteiger partial charge in [-0.15, -0.1) is 0 Å². The molecule has 7 nitrogen and oxygen atoms in total. The van der Waals surface area contributed by atoms with E-state index in [-0.39, 0.29) is 19.8 Å². The van der Waals surface area contributed by atoms with Crippen molar-refractivity contribution in [3.63, 3.8) is 0 Å². The van der Waals surface area contributed by atoms with Crippen molar-refractivity contribution in [2.24, 2.45) is 0 Å². The first kappa shape index (κ1) is 13.8. The zero-order valence-corrected chi connectivity index (χ0v) is 8.85. The lowest BCUT2D eigenvalue weighted by molar-refractivity contribution is -0.160. The van der Waals surface area contributed by atoms with Gasteiger partial charge in [-0.2, -0.15) is 0 Å². The highest BCUT2D eigenvalue weighted by atomic mass is 16.4. The van der Waals surface area contributed by atoms with E-state index in [2.05, 4.69) is 0 Å². The van der Waals surface area contributed by atoms with E-state index in [1.54, 1.807) is 0 Å². The van der Waals surface area contributed by atoms with E-state index in [0.29, 0.717) is 0 Å². The van der Waals surface area contributed by atoms with Crippen LogP contribution in [0.2, 0.25) is 0 Å². The largest absolute Gasteiger partial charge is 0.395 e. The number of likely N-dealkylation sites (tertiary alicyclic amines) is 1. The van der Waals surface area contributed by atoms with Crippen molar-refractivity contribution < 1.29 is 30.6 Å². The average molecular weight is 237 g/mol. The Bertz CT molecular complexity index is 212. The van der Waals surface area contributed by atoms with Gasteiger partial charge in [0.15, 0.2) is 0 Å². The molecule has 16 heavy (non-hydrogen) atoms. The fraction of sp³-hybridized carbons (Fsp3) is 1.00. The van der Waals surface area contributed by atoms with Crippen LogP contribution in [0, 0.1) is 0 Å². The zero-order valence-electron chi connectivity index (χ0n) is 8.85. The summed E-state index contributed by atoms with van der Waals surface area (Å²) in [6.45, 7) is -1.16. The van der Waals surface area contributed by atoms with Gasteiger partial charge >= 0.3 is 0 Å². The Labute approximate surface area is 93.2 Å². The van der Waals surface area contributed by atoms with Crippen LogP contribution in [-0.2, 0) is 0 Å². The molecule has 0 aromatic carbocycles. The van der Waals surface area contributed by atoms with E-state index >= 15 is 0 Å². The lowest BCUT2D eigenvalue weighted by Gasteiger charge is -2.45. The van der Waals surface area contributed by atoms with Gasteiger partial charge in [0.1, 0.15) is 12.2 Å². The third-order valence-electron chi connectivity index (χ3n) is 3.04. The Morgan fingerprint density at radius 2 is 1.56 bits per heavy atom. The Morgan fingerprint density at radius 1 is 1.00 bits per heavy atom. The van der Waals surface area contributed by atoms with Crippen molar-refractivity contribution in [1.29, 1.82) is 0 Å². The molecule has 0 saturated carbocycles. The Kier molecular flexibility index (Phi) is 5.06. The fourth-order valence-electron chi connectivity index (χ4n) is 2.01. The maximum atomic E-state index is 9.64. The van der Waals surface area contributed by atoms with Crippen LogP contribution < -0.4 is 0 Å². The molecular formula is C9H19NO6. The Hall–Kier alpha value is -0.280. The topological polar surface area (TPSA) is 125 Å². The van der Waals surface area contributed by atoms with Crippen LogP contribution in [-0.4, -0.2) is 92.3 Å². The summed E-state index contributed by atoms with van der Waals surface area (Å²) in [7, 11) is 0. The van der Waals surface area contributed by atoms with Crippen LogP contribution in [0.1, 0.15) is 0 Å². The van der Waals surface area contributed by atoms with Crippen molar-refractivity contribution in [3.05, 3.63) is 0 Å². The standard InChI is InChI=1S/C9H19NO6/c11-2-5(3-12)10-1-7(14)9(16)8(15)6(10)4-13/h5-9,11-16H,1-4H2. The predicted octanol–water partition coefficient (Wildman–Crippen LogP) is -3.90. The molecule has 1 heterocycles. The van der Waals surface area contributed by atoms with Crippen molar-refractivity contribution in [2.45, 2.75) is 30.4 Å². The SMILES string of the molecule is OCC(CO)N1CC(O)C(O)C(O)C1CO. The number of hydrogen-bond donors (Lipinski definition) is 6. The van der Waals surface area contributed by atoms with Crippen molar-refractivity contribution >= 4 is 0 Å². The molecule has 0 aromatic rings. The summed E-state index contributed by atoms with van der Waals surface area (Å²) >= 11 is 0. The molecule has 4 atom stereocenters. The third-order valence-corrected chi connectivity index (χ3v) is 3.04. The lowest BCUT2D eigenvalue weighted by atomic mass is 9.93. The van der Waals surface area contributed by atoms with Gasteiger partial charge in [0, 0.05) is 6.54 Å². The summed E-state index contributed by atoms with van der Waals surface area (Å²) in [6.07, 6.45) is -3.81. The normalized spacial score (nSPS) is 36.9. The van der Waals surface area contributed by atoms with E-state index < -0.39 is 37.0 Å². The van der Waals surface area contributed by atoms with Crippen LogP contribution in [0.4, 0.5) is 0 Å². The van der Waals surface area contributed by atoms with Crippen LogP contribution in [0.5, 0.6) is 0 Å². The highest BCUT2D eigenvalue weighted by molar-refractivity contribution is 4.96. The highest BCUT2D eigenvalue weighted by Crippen LogP contribution is 2.21. The monoisotopic (exact) mass is 237 g/mol. The zero-order chi connectivity index (χ0) is 12.3. The van der Waals surface area contributed by atoms with Crippen molar-refractivity contribution in [2.75, 3.05) is 26.4 Å². The number of β-amino-alcohol motifs (C(OH)–C–C–N with tert-alkyl or cyclic N) is 1. The molecule has 0 amide bonds. The number of rotatable bonds is 4. The van der Waals surface area contributed by atoms with Gasteiger partial charge in [0.25, 0.3) is 0 Å². The predicted molar refractivity (Wildman–Crippen MR) is 53.6 cm³/mol. The first-order valence-electron chi connectivity index (χ1n) is 5.19. The van der Waals surface area contributed by atoms with Crippen molar-refractivity contribution in [3.8, 4) is 0 Å². The van der Waals surface area contributed by atoms with Gasteiger partial charge in [-0.1, -0.05) is 0 Å². The molecular weight excluding hydrogens is 218 g/mol. The molecule has 96 valence electrons. The second kappa shape index (κ2) is 5.87. The number of aliphatic hydroxyl groups excluding tert-OH is 6. The van der Waals surface area contributed by atoms with Gasteiger partial charge in [-0.05, 0) is 0 Å². The minimum absolute atomic E-state index is 0.0186. The van der Waals surface area contributed by atoms with Gasteiger partial charge < -0.3 is 30.6 Å². The van der Waals surface area contributed by atoms with Crippen LogP contribution in [0.3, 0.4) is 0 Å². The molecule has 1 fully saturated rings. The Morgan fingerprint density at radius 3 is 2.00 bits per heavy atom. The Balaban J connectivity index is 2.81. The van der Waals surface area contributed by atoms with Gasteiger partial charge in [0.2, 0.25) is 0 Å². The van der Waals surface area contributed by atoms with Crippen molar-refractivity contribution in [1.82, 2.24) is 4.90 Å². The van der Waals surface area contributed by atoms with E-state index in [1.807, 2.05) is 0 Å². The molecule has 0 aliphatic carbocycles. The van der Waals surface area contributed by atoms with Crippen LogP contribution in [0.15, 0.2) is 0 Å². The molecule has 1 saturated heterocycles. The molecule has 0 radical (unpaired) electrons. The molecule has 6 N–H and O–H groups in total. The van der Waals surface area contributed by atoms with E-state index in [1.165, 1.54) is 4.90 Å². The molecule has 7 heteroatoms. The van der Waals surface area contributed by atoms with Crippen LogP contribution >= 0.6 is 0 Å². The number of aliphatic hydroxyl groups is 6. The number of piperidine rings is 1. The summed E-state index contributed by atoms with van der Waals surface area (Å²) in [4.78, 5) is 1.40. The second-order valence-electron chi connectivity index (χ2n) is 4.01. The maximum Gasteiger partial charge on any atom is 0.109 e. The smallest absolute Gasteiger partial charge is 0.109 e. The third kappa shape index (κ3) is 2.51. The molecule has 1 aliphatic rings. The molecule has 1 rings (SSSR count). The van der Waals surface area contributed by atoms with Gasteiger partial charge in [0.05, 0.1) is 38.0 Å². The van der Waals surface area contributed by atoms with Gasteiger partial charge in [-0.3, -0.25) is 4.90 Å². The molecule has 4 unspecified atom stereocenters. The van der Waals surface area contributed by atoms with E-state index in [9.17, 15) is 15.3 Å². The van der Waals surface area contributed by atoms with E-state index in [0.717, 1.165) is 0 Å². The minimum atomic E-state index is -1.33. The highest BCUT2D eigenvalue weighted by Gasteiger charge is 2.43. The lowest BCUT2D eigenvalue weighted by Crippen LogP contribution is -2.65. The quantitative estimate of drug-likeness (QED) is 0.295. The maximum absolute atomic E-state index is 9.64. The summed E-state index contributed by atoms with van der Waals surface area (Å²) in [5.74, 6) is 0. The molecule has 0 spiro atoms. The molecule has 0 aromatic heterocycles. The first-order valence-corrected chi connectivity index (χ1v) is 5.19.